The summed E-state index contributed by atoms with van der Waals surface area (Å²) >= 11 is 0. The van der Waals surface area contributed by atoms with E-state index in [0.717, 1.165) is 11.1 Å². The van der Waals surface area contributed by atoms with Gasteiger partial charge in [-0.2, -0.15) is 5.26 Å². The molecule has 2 aromatic rings. The number of nitrogens with one attached hydrogen (secondary N) is 1. The van der Waals surface area contributed by atoms with Crippen LogP contribution in [0.15, 0.2) is 60.3 Å². The van der Waals surface area contributed by atoms with Crippen LogP contribution in [0.25, 0.3) is 0 Å². The number of nitriles is 1. The van der Waals surface area contributed by atoms with E-state index in [0.29, 0.717) is 23.6 Å². The average Bonchev–Trinajstić information content (AvgIpc) is 2.75. The molecule has 1 aliphatic heterocycles. The van der Waals surface area contributed by atoms with Crippen molar-refractivity contribution in [2.24, 2.45) is 0 Å². The topological polar surface area (TPSA) is 83.8 Å². The fraction of sp³-hybridized carbons (Fsp3) is 0.273. The maximum atomic E-state index is 12.4. The first kappa shape index (κ1) is 20.2. The van der Waals surface area contributed by atoms with E-state index < -0.39 is 0 Å². The molecule has 1 aliphatic rings. The Morgan fingerprint density at radius 2 is 1.97 bits per heavy atom. The summed E-state index contributed by atoms with van der Waals surface area (Å²) in [5.41, 5.74) is 4.87. The van der Waals surface area contributed by atoms with Crippen molar-refractivity contribution >= 4 is 5.91 Å². The van der Waals surface area contributed by atoms with Crippen LogP contribution in [-0.4, -0.2) is 31.1 Å². The Hall–Kier alpha value is -3.50. The molecule has 0 spiro atoms. The van der Waals surface area contributed by atoms with Crippen molar-refractivity contribution in [2.75, 3.05) is 14.2 Å². The molecule has 1 unspecified atom stereocenters. The molecular formula is C22H23N3O4. The van der Waals surface area contributed by atoms with Crippen molar-refractivity contribution in [1.82, 2.24) is 10.4 Å². The molecule has 0 saturated carbocycles. The third-order valence-corrected chi connectivity index (χ3v) is 4.70. The minimum Gasteiger partial charge on any atom is -0.497 e. The highest BCUT2D eigenvalue weighted by Crippen LogP contribution is 2.32. The van der Waals surface area contributed by atoms with Gasteiger partial charge in [-0.25, -0.2) is 5.48 Å². The molecule has 0 bridgehead atoms. The first-order valence-electron chi connectivity index (χ1n) is 9.17. The number of hydrogen-bond acceptors (Lipinski definition) is 6. The number of hydroxylamine groups is 1. The van der Waals surface area contributed by atoms with E-state index >= 15 is 0 Å². The second kappa shape index (κ2) is 9.62. The predicted octanol–water partition coefficient (Wildman–Crippen LogP) is 2.93. The summed E-state index contributed by atoms with van der Waals surface area (Å²) in [5, 5.41) is 9.17. The van der Waals surface area contributed by atoms with Gasteiger partial charge in [0.15, 0.2) is 0 Å². The molecule has 29 heavy (non-hydrogen) atoms. The quantitative estimate of drug-likeness (QED) is 0.660. The largest absolute Gasteiger partial charge is 0.497 e. The summed E-state index contributed by atoms with van der Waals surface area (Å²) in [6.45, 7) is 0.788. The molecule has 0 fully saturated rings. The zero-order valence-corrected chi connectivity index (χ0v) is 16.4. The zero-order valence-electron chi connectivity index (χ0n) is 16.4. The summed E-state index contributed by atoms with van der Waals surface area (Å²) in [6, 6.07) is 17.0. The van der Waals surface area contributed by atoms with Gasteiger partial charge in [-0.3, -0.25) is 9.63 Å². The van der Waals surface area contributed by atoms with E-state index in [1.54, 1.807) is 20.4 Å². The summed E-state index contributed by atoms with van der Waals surface area (Å²) in [5.74, 6) is 1.06. The number of carbonyl (C=O) groups is 1. The minimum absolute atomic E-state index is 0.205. The second-order valence-corrected chi connectivity index (χ2v) is 6.52. The lowest BCUT2D eigenvalue weighted by Gasteiger charge is -2.39. The number of nitrogens with zero attached hydrogens (tertiary/aromatic N) is 2. The molecule has 150 valence electrons. The van der Waals surface area contributed by atoms with Crippen LogP contribution < -0.4 is 15.0 Å². The van der Waals surface area contributed by atoms with Crippen LogP contribution in [0.5, 0.6) is 11.5 Å². The fourth-order valence-electron chi connectivity index (χ4n) is 3.13. The molecule has 0 aromatic heterocycles. The van der Waals surface area contributed by atoms with Gasteiger partial charge in [-0.1, -0.05) is 30.3 Å². The van der Waals surface area contributed by atoms with Crippen LogP contribution in [0, 0.1) is 11.3 Å². The molecule has 3 rings (SSSR count). The molecule has 1 amide bonds. The molecule has 1 heterocycles. The minimum atomic E-state index is -0.334. The highest BCUT2D eigenvalue weighted by Gasteiger charge is 2.34. The molecule has 0 aliphatic carbocycles. The second-order valence-electron chi connectivity index (χ2n) is 6.52. The van der Waals surface area contributed by atoms with Gasteiger partial charge in [0.1, 0.15) is 11.5 Å². The maximum absolute atomic E-state index is 12.4. The van der Waals surface area contributed by atoms with Crippen LogP contribution in [0.4, 0.5) is 0 Å². The molecule has 7 nitrogen and oxygen atoms in total. The Balaban J connectivity index is 1.62. The zero-order chi connectivity index (χ0) is 20.6. The van der Waals surface area contributed by atoms with E-state index in [9.17, 15) is 10.1 Å². The van der Waals surface area contributed by atoms with Crippen LogP contribution in [0.1, 0.15) is 17.5 Å². The lowest BCUT2D eigenvalue weighted by molar-refractivity contribution is -0.132. The highest BCUT2D eigenvalue weighted by atomic mass is 16.6. The number of hydrogen-bond donors (Lipinski definition) is 1. The predicted molar refractivity (Wildman–Crippen MR) is 107 cm³/mol. The molecule has 0 saturated heterocycles. The lowest BCUT2D eigenvalue weighted by atomic mass is 9.95. The van der Waals surface area contributed by atoms with Crippen molar-refractivity contribution in [3.8, 4) is 17.6 Å². The van der Waals surface area contributed by atoms with Gasteiger partial charge >= 0.3 is 0 Å². The third-order valence-electron chi connectivity index (χ3n) is 4.70. The lowest BCUT2D eigenvalue weighted by Crippen LogP contribution is -2.46. The van der Waals surface area contributed by atoms with Crippen molar-refractivity contribution in [2.45, 2.75) is 25.6 Å². The van der Waals surface area contributed by atoms with Crippen molar-refractivity contribution in [3.05, 3.63) is 71.4 Å². The van der Waals surface area contributed by atoms with Crippen LogP contribution in [0.3, 0.4) is 0 Å². The van der Waals surface area contributed by atoms with Crippen molar-refractivity contribution in [3.63, 3.8) is 0 Å². The molecule has 1 N–H and O–H groups in total. The Labute approximate surface area is 170 Å². The molecule has 7 heteroatoms. The van der Waals surface area contributed by atoms with Crippen LogP contribution in [-0.2, 0) is 22.8 Å². The Morgan fingerprint density at radius 3 is 2.66 bits per heavy atom. The van der Waals surface area contributed by atoms with Crippen LogP contribution in [0.2, 0.25) is 0 Å². The summed E-state index contributed by atoms with van der Waals surface area (Å²) in [6.07, 6.45) is 1.95. The van der Waals surface area contributed by atoms with Gasteiger partial charge in [-0.15, -0.1) is 0 Å². The summed E-state index contributed by atoms with van der Waals surface area (Å²) in [4.78, 5) is 19.7. The normalized spacial score (nSPS) is 15.0. The SMILES string of the molecule is COc1ccc(CN2C=C(C(=O)NOCc3ccccc3)C2CC#N)c(OC)c1. The monoisotopic (exact) mass is 393 g/mol. The number of rotatable bonds is 9. The first-order chi connectivity index (χ1) is 14.2. The average molecular weight is 393 g/mol. The van der Waals surface area contributed by atoms with Crippen molar-refractivity contribution < 1.29 is 19.1 Å². The van der Waals surface area contributed by atoms with Crippen LogP contribution >= 0.6 is 0 Å². The smallest absolute Gasteiger partial charge is 0.274 e. The van der Waals surface area contributed by atoms with Crippen molar-refractivity contribution in [1.29, 1.82) is 5.26 Å². The number of benzene rings is 2. The number of amides is 1. The first-order valence-corrected chi connectivity index (χ1v) is 9.17. The summed E-state index contributed by atoms with van der Waals surface area (Å²) in [7, 11) is 3.19. The number of carbonyl (C=O) groups excluding carboxylic acids is 1. The fourth-order valence-corrected chi connectivity index (χ4v) is 3.13. The number of methoxy groups -OCH3 is 2. The van der Waals surface area contributed by atoms with Gasteiger partial charge < -0.3 is 14.4 Å². The highest BCUT2D eigenvalue weighted by molar-refractivity contribution is 5.95. The standard InChI is InChI=1S/C22H23N3O4/c1-27-18-9-8-17(21(12-18)28-2)13-25-14-19(20(25)10-11-23)22(26)24-29-15-16-6-4-3-5-7-16/h3-9,12,14,20H,10,13,15H2,1-2H3,(H,24,26). The van der Waals surface area contributed by atoms with E-state index in [-0.39, 0.29) is 25.0 Å². The van der Waals surface area contributed by atoms with E-state index in [1.165, 1.54) is 0 Å². The molecule has 2 aromatic carbocycles. The summed E-state index contributed by atoms with van der Waals surface area (Å²) < 4.78 is 10.6. The van der Waals surface area contributed by atoms with Gasteiger partial charge in [0.05, 0.1) is 44.9 Å². The molecular weight excluding hydrogens is 370 g/mol. The van der Waals surface area contributed by atoms with E-state index in [4.69, 9.17) is 14.3 Å². The Morgan fingerprint density at radius 1 is 1.17 bits per heavy atom. The Kier molecular flexibility index (Phi) is 6.72. The van der Waals surface area contributed by atoms with Gasteiger partial charge in [0, 0.05) is 24.4 Å². The van der Waals surface area contributed by atoms with E-state index in [2.05, 4.69) is 11.5 Å². The van der Waals surface area contributed by atoms with Gasteiger partial charge in [0.2, 0.25) is 0 Å². The van der Waals surface area contributed by atoms with Gasteiger partial charge in [0.25, 0.3) is 5.91 Å². The maximum Gasteiger partial charge on any atom is 0.274 e. The number of ether oxygens (including phenoxy) is 2. The molecule has 0 radical (unpaired) electrons. The third kappa shape index (κ3) is 4.86. The molecule has 1 atom stereocenters. The van der Waals surface area contributed by atoms with Gasteiger partial charge in [-0.05, 0) is 17.7 Å². The van der Waals surface area contributed by atoms with E-state index in [1.807, 2.05) is 53.4 Å². The Bertz CT molecular complexity index is 921.